The van der Waals surface area contributed by atoms with Crippen LogP contribution >= 0.6 is 27.5 Å². The van der Waals surface area contributed by atoms with Crippen molar-refractivity contribution in [2.45, 2.75) is 19.4 Å². The molecular weight excluding hydrogens is 310 g/mol. The van der Waals surface area contributed by atoms with E-state index in [-0.39, 0.29) is 6.04 Å². The van der Waals surface area contributed by atoms with Gasteiger partial charge in [-0.25, -0.2) is 0 Å². The van der Waals surface area contributed by atoms with Gasteiger partial charge in [0, 0.05) is 4.47 Å². The maximum Gasteiger partial charge on any atom is 0.0599 e. The molecule has 2 N–H and O–H groups in total. The van der Waals surface area contributed by atoms with E-state index in [4.69, 9.17) is 17.3 Å². The van der Waals surface area contributed by atoms with E-state index in [1.165, 1.54) is 5.56 Å². The summed E-state index contributed by atoms with van der Waals surface area (Å²) in [5, 5.41) is 0.687. The fraction of sp³-hybridized carbons (Fsp3) is 0.200. The van der Waals surface area contributed by atoms with E-state index >= 15 is 0 Å². The lowest BCUT2D eigenvalue weighted by Crippen LogP contribution is -2.12. The third-order valence-electron chi connectivity index (χ3n) is 3.03. The first-order valence-corrected chi connectivity index (χ1v) is 7.09. The smallest absolute Gasteiger partial charge is 0.0599 e. The molecular formula is C15H15BrClN. The van der Waals surface area contributed by atoms with Crippen molar-refractivity contribution < 1.29 is 0 Å². The lowest BCUT2D eigenvalue weighted by molar-refractivity contribution is 0.866. The Hall–Kier alpha value is -0.830. The van der Waals surface area contributed by atoms with E-state index in [1.54, 1.807) is 0 Å². The van der Waals surface area contributed by atoms with Crippen molar-refractivity contribution >= 4 is 27.5 Å². The molecule has 1 nitrogen and oxygen atoms in total. The van der Waals surface area contributed by atoms with E-state index in [0.717, 1.165) is 22.0 Å². The molecule has 0 spiro atoms. The molecule has 2 aromatic carbocycles. The van der Waals surface area contributed by atoms with Gasteiger partial charge in [0.2, 0.25) is 0 Å². The summed E-state index contributed by atoms with van der Waals surface area (Å²) in [6, 6.07) is 14.0. The quantitative estimate of drug-likeness (QED) is 0.869. The molecule has 0 aromatic heterocycles. The summed E-state index contributed by atoms with van der Waals surface area (Å²) in [7, 11) is 0. The standard InChI is InChI=1S/C15H15BrClN/c1-2-10-5-3-6-11(9-10)15(18)12-7-4-8-13(16)14(12)17/h3-9,15H,2,18H2,1H3. The van der Waals surface area contributed by atoms with Crippen LogP contribution in [0.3, 0.4) is 0 Å². The van der Waals surface area contributed by atoms with Crippen molar-refractivity contribution in [3.8, 4) is 0 Å². The van der Waals surface area contributed by atoms with Crippen LogP contribution in [0.5, 0.6) is 0 Å². The van der Waals surface area contributed by atoms with Crippen LogP contribution < -0.4 is 5.73 Å². The van der Waals surface area contributed by atoms with Crippen LogP contribution in [0, 0.1) is 0 Å². The van der Waals surface area contributed by atoms with Gasteiger partial charge in [-0.05, 0) is 45.1 Å². The Morgan fingerprint density at radius 2 is 1.94 bits per heavy atom. The molecule has 0 radical (unpaired) electrons. The van der Waals surface area contributed by atoms with Crippen LogP contribution in [0.2, 0.25) is 5.02 Å². The fourth-order valence-corrected chi connectivity index (χ4v) is 2.57. The highest BCUT2D eigenvalue weighted by molar-refractivity contribution is 9.10. The van der Waals surface area contributed by atoms with Gasteiger partial charge in [0.05, 0.1) is 11.1 Å². The number of halogens is 2. The number of aryl methyl sites for hydroxylation is 1. The van der Waals surface area contributed by atoms with Gasteiger partial charge in [-0.2, -0.15) is 0 Å². The zero-order valence-corrected chi connectivity index (χ0v) is 12.5. The summed E-state index contributed by atoms with van der Waals surface area (Å²) < 4.78 is 0.878. The molecule has 0 heterocycles. The van der Waals surface area contributed by atoms with Crippen molar-refractivity contribution in [1.82, 2.24) is 0 Å². The molecule has 2 rings (SSSR count). The van der Waals surface area contributed by atoms with Crippen LogP contribution in [-0.4, -0.2) is 0 Å². The minimum Gasteiger partial charge on any atom is -0.320 e. The first-order chi connectivity index (χ1) is 8.63. The average Bonchev–Trinajstić information content (AvgIpc) is 2.41. The van der Waals surface area contributed by atoms with E-state index in [1.807, 2.05) is 30.3 Å². The molecule has 1 unspecified atom stereocenters. The molecule has 18 heavy (non-hydrogen) atoms. The molecule has 0 bridgehead atoms. The molecule has 2 aromatic rings. The largest absolute Gasteiger partial charge is 0.320 e. The van der Waals surface area contributed by atoms with Crippen molar-refractivity contribution in [2.24, 2.45) is 5.73 Å². The monoisotopic (exact) mass is 323 g/mol. The topological polar surface area (TPSA) is 26.0 Å². The number of benzene rings is 2. The third-order valence-corrected chi connectivity index (χ3v) is 4.35. The normalized spacial score (nSPS) is 12.4. The lowest BCUT2D eigenvalue weighted by Gasteiger charge is -2.15. The van der Waals surface area contributed by atoms with Crippen LogP contribution in [0.25, 0.3) is 0 Å². The summed E-state index contributed by atoms with van der Waals surface area (Å²) in [4.78, 5) is 0. The Bertz CT molecular complexity index is 554. The zero-order valence-electron chi connectivity index (χ0n) is 10.2. The van der Waals surface area contributed by atoms with Gasteiger partial charge >= 0.3 is 0 Å². The van der Waals surface area contributed by atoms with Crippen LogP contribution in [0.15, 0.2) is 46.9 Å². The molecule has 1 atom stereocenters. The van der Waals surface area contributed by atoms with Crippen LogP contribution in [-0.2, 0) is 6.42 Å². The average molecular weight is 325 g/mol. The van der Waals surface area contributed by atoms with Gasteiger partial charge in [0.1, 0.15) is 0 Å². The second-order valence-corrected chi connectivity index (χ2v) is 5.45. The van der Waals surface area contributed by atoms with Gasteiger partial charge < -0.3 is 5.73 Å². The first kappa shape index (κ1) is 13.6. The molecule has 0 aliphatic heterocycles. The predicted octanol–water partition coefficient (Wildman–Crippen LogP) is 4.71. The predicted molar refractivity (Wildman–Crippen MR) is 81.0 cm³/mol. The van der Waals surface area contributed by atoms with E-state index < -0.39 is 0 Å². The summed E-state index contributed by atoms with van der Waals surface area (Å²) in [6.07, 6.45) is 1.01. The minimum absolute atomic E-state index is 0.193. The molecule has 0 aliphatic rings. The molecule has 0 fully saturated rings. The van der Waals surface area contributed by atoms with Crippen molar-refractivity contribution in [1.29, 1.82) is 0 Å². The van der Waals surface area contributed by atoms with Gasteiger partial charge in [0.25, 0.3) is 0 Å². The molecule has 0 aliphatic carbocycles. The molecule has 94 valence electrons. The van der Waals surface area contributed by atoms with Crippen molar-refractivity contribution in [3.05, 3.63) is 68.7 Å². The highest BCUT2D eigenvalue weighted by Gasteiger charge is 2.14. The number of hydrogen-bond donors (Lipinski definition) is 1. The Kier molecular flexibility index (Phi) is 4.44. The summed E-state index contributed by atoms with van der Waals surface area (Å²) in [5.74, 6) is 0. The summed E-state index contributed by atoms with van der Waals surface area (Å²) in [6.45, 7) is 2.14. The van der Waals surface area contributed by atoms with Crippen LogP contribution in [0.1, 0.15) is 29.7 Å². The highest BCUT2D eigenvalue weighted by atomic mass is 79.9. The maximum absolute atomic E-state index is 6.30. The first-order valence-electron chi connectivity index (χ1n) is 5.91. The Labute approximate surface area is 121 Å². The summed E-state index contributed by atoms with van der Waals surface area (Å²) in [5.41, 5.74) is 9.63. The van der Waals surface area contributed by atoms with E-state index in [9.17, 15) is 0 Å². The molecule has 0 saturated heterocycles. The maximum atomic E-state index is 6.30. The molecule has 3 heteroatoms. The minimum atomic E-state index is -0.193. The lowest BCUT2D eigenvalue weighted by atomic mass is 9.97. The van der Waals surface area contributed by atoms with Crippen LogP contribution in [0.4, 0.5) is 0 Å². The second kappa shape index (κ2) is 5.87. The zero-order chi connectivity index (χ0) is 13.1. The van der Waals surface area contributed by atoms with Gasteiger partial charge in [0.15, 0.2) is 0 Å². The molecule has 0 saturated carbocycles. The van der Waals surface area contributed by atoms with Gasteiger partial charge in [-0.1, -0.05) is 54.9 Å². The fourth-order valence-electron chi connectivity index (χ4n) is 1.95. The van der Waals surface area contributed by atoms with Crippen molar-refractivity contribution in [2.75, 3.05) is 0 Å². The Morgan fingerprint density at radius 3 is 2.67 bits per heavy atom. The van der Waals surface area contributed by atoms with Gasteiger partial charge in [-0.15, -0.1) is 0 Å². The van der Waals surface area contributed by atoms with Gasteiger partial charge in [-0.3, -0.25) is 0 Å². The SMILES string of the molecule is CCc1cccc(C(N)c2cccc(Br)c2Cl)c1. The number of nitrogens with two attached hydrogens (primary N) is 1. The Balaban J connectivity index is 2.41. The third kappa shape index (κ3) is 2.77. The van der Waals surface area contributed by atoms with E-state index in [0.29, 0.717) is 5.02 Å². The molecule has 0 amide bonds. The highest BCUT2D eigenvalue weighted by Crippen LogP contribution is 2.32. The number of rotatable bonds is 3. The van der Waals surface area contributed by atoms with E-state index in [2.05, 4.69) is 35.0 Å². The Morgan fingerprint density at radius 1 is 1.22 bits per heavy atom. The second-order valence-electron chi connectivity index (χ2n) is 4.22. The van der Waals surface area contributed by atoms with Crippen molar-refractivity contribution in [3.63, 3.8) is 0 Å². The number of hydrogen-bond acceptors (Lipinski definition) is 1. The summed E-state index contributed by atoms with van der Waals surface area (Å²) >= 11 is 9.71.